The number of para-hydroxylation sites is 1. The van der Waals surface area contributed by atoms with Crippen LogP contribution in [-0.4, -0.2) is 5.91 Å². The Kier molecular flexibility index (Phi) is 5.90. The third kappa shape index (κ3) is 4.77. The fourth-order valence-electron chi connectivity index (χ4n) is 2.12. The Bertz CT molecular complexity index is 901. The fraction of sp³-hybridized carbons (Fsp3) is 0.111. The SMILES string of the molecule is Cc1cc(Cl)ccc1N/C=C(/C#N)C(=O)Nc1ccccc1C(F)(F)F. The zero-order valence-corrected chi connectivity index (χ0v) is 14.2. The molecule has 0 saturated heterocycles. The number of nitrogens with one attached hydrogen (secondary N) is 2. The van der Waals surface area contributed by atoms with Gasteiger partial charge in [0.1, 0.15) is 11.6 Å². The Morgan fingerprint density at radius 1 is 1.19 bits per heavy atom. The van der Waals surface area contributed by atoms with E-state index in [4.69, 9.17) is 16.9 Å². The van der Waals surface area contributed by atoms with E-state index >= 15 is 0 Å². The van der Waals surface area contributed by atoms with Crippen LogP contribution in [0.5, 0.6) is 0 Å². The van der Waals surface area contributed by atoms with Crippen molar-refractivity contribution in [1.82, 2.24) is 0 Å². The number of alkyl halides is 3. The van der Waals surface area contributed by atoms with Crippen molar-refractivity contribution >= 4 is 28.9 Å². The number of nitrogens with zero attached hydrogens (tertiary/aromatic N) is 1. The quantitative estimate of drug-likeness (QED) is 0.572. The van der Waals surface area contributed by atoms with Crippen molar-refractivity contribution in [2.45, 2.75) is 13.1 Å². The molecule has 0 aromatic heterocycles. The minimum absolute atomic E-state index is 0.378. The summed E-state index contributed by atoms with van der Waals surface area (Å²) < 4.78 is 38.9. The van der Waals surface area contributed by atoms with Gasteiger partial charge in [-0.1, -0.05) is 23.7 Å². The molecule has 134 valence electrons. The highest BCUT2D eigenvalue weighted by Gasteiger charge is 2.33. The number of aryl methyl sites for hydroxylation is 1. The predicted octanol–water partition coefficient (Wildman–Crippen LogP) is 5.13. The van der Waals surface area contributed by atoms with Gasteiger partial charge < -0.3 is 10.6 Å². The molecule has 0 saturated carbocycles. The summed E-state index contributed by atoms with van der Waals surface area (Å²) in [5, 5.41) is 14.6. The molecule has 0 radical (unpaired) electrons. The third-order valence-electron chi connectivity index (χ3n) is 3.41. The molecule has 0 aliphatic carbocycles. The topological polar surface area (TPSA) is 64.9 Å². The van der Waals surface area contributed by atoms with Crippen LogP contribution in [0.4, 0.5) is 24.5 Å². The summed E-state index contributed by atoms with van der Waals surface area (Å²) >= 11 is 5.85. The van der Waals surface area contributed by atoms with E-state index in [1.54, 1.807) is 31.2 Å². The zero-order valence-electron chi connectivity index (χ0n) is 13.5. The number of nitriles is 1. The number of benzene rings is 2. The predicted molar refractivity (Wildman–Crippen MR) is 93.6 cm³/mol. The Morgan fingerprint density at radius 2 is 1.88 bits per heavy atom. The summed E-state index contributed by atoms with van der Waals surface area (Å²) in [5.41, 5.74) is -0.420. The van der Waals surface area contributed by atoms with Crippen LogP contribution in [-0.2, 0) is 11.0 Å². The molecule has 0 atom stereocenters. The normalized spacial score (nSPS) is 11.6. The average molecular weight is 380 g/mol. The van der Waals surface area contributed by atoms with Crippen molar-refractivity contribution in [2.24, 2.45) is 0 Å². The van der Waals surface area contributed by atoms with Crippen LogP contribution >= 0.6 is 11.6 Å². The molecule has 0 spiro atoms. The van der Waals surface area contributed by atoms with Crippen molar-refractivity contribution in [2.75, 3.05) is 10.6 Å². The lowest BCUT2D eigenvalue weighted by Crippen LogP contribution is -2.18. The Hall–Kier alpha value is -2.98. The number of hydrogen-bond acceptors (Lipinski definition) is 3. The second kappa shape index (κ2) is 7.93. The van der Waals surface area contributed by atoms with Crippen LogP contribution in [0.25, 0.3) is 0 Å². The first-order valence-corrected chi connectivity index (χ1v) is 7.70. The standard InChI is InChI=1S/C18H13ClF3N3O/c1-11-8-13(19)6-7-15(11)24-10-12(9-23)17(26)25-16-5-3-2-4-14(16)18(20,21)22/h2-8,10,24H,1H3,(H,25,26)/b12-10-. The van der Waals surface area contributed by atoms with Crippen LogP contribution in [0.15, 0.2) is 54.2 Å². The van der Waals surface area contributed by atoms with Gasteiger partial charge in [0.2, 0.25) is 0 Å². The van der Waals surface area contributed by atoms with Gasteiger partial charge in [-0.3, -0.25) is 4.79 Å². The van der Waals surface area contributed by atoms with Gasteiger partial charge in [0, 0.05) is 16.9 Å². The van der Waals surface area contributed by atoms with E-state index in [2.05, 4.69) is 10.6 Å². The lowest BCUT2D eigenvalue weighted by Gasteiger charge is -2.13. The van der Waals surface area contributed by atoms with E-state index in [0.717, 1.165) is 23.9 Å². The number of anilines is 2. The van der Waals surface area contributed by atoms with E-state index < -0.39 is 23.3 Å². The van der Waals surface area contributed by atoms with Crippen LogP contribution < -0.4 is 10.6 Å². The fourth-order valence-corrected chi connectivity index (χ4v) is 2.34. The number of halogens is 4. The van der Waals surface area contributed by atoms with E-state index in [1.807, 2.05) is 0 Å². The smallest absolute Gasteiger partial charge is 0.360 e. The molecule has 0 bridgehead atoms. The van der Waals surface area contributed by atoms with Crippen LogP contribution in [0, 0.1) is 18.3 Å². The average Bonchev–Trinajstić information content (AvgIpc) is 2.56. The van der Waals surface area contributed by atoms with E-state index in [1.165, 1.54) is 12.1 Å². The second-order valence-electron chi connectivity index (χ2n) is 5.27. The molecule has 0 unspecified atom stereocenters. The molecule has 2 rings (SSSR count). The first-order valence-electron chi connectivity index (χ1n) is 7.33. The molecule has 0 heterocycles. The van der Waals surface area contributed by atoms with Crippen molar-refractivity contribution in [3.8, 4) is 6.07 Å². The molecule has 4 nitrogen and oxygen atoms in total. The molecular formula is C18H13ClF3N3O. The molecule has 0 aliphatic rings. The molecule has 0 aliphatic heterocycles. The Morgan fingerprint density at radius 3 is 2.50 bits per heavy atom. The van der Waals surface area contributed by atoms with Crippen molar-refractivity contribution in [1.29, 1.82) is 5.26 Å². The summed E-state index contributed by atoms with van der Waals surface area (Å²) in [6.07, 6.45) is -3.50. The third-order valence-corrected chi connectivity index (χ3v) is 3.64. The van der Waals surface area contributed by atoms with Gasteiger partial charge in [0.15, 0.2) is 0 Å². The van der Waals surface area contributed by atoms with Gasteiger partial charge in [-0.15, -0.1) is 0 Å². The lowest BCUT2D eigenvalue weighted by atomic mass is 10.1. The van der Waals surface area contributed by atoms with E-state index in [9.17, 15) is 18.0 Å². The summed E-state index contributed by atoms with van der Waals surface area (Å²) in [7, 11) is 0. The van der Waals surface area contributed by atoms with Crippen molar-refractivity contribution < 1.29 is 18.0 Å². The largest absolute Gasteiger partial charge is 0.418 e. The van der Waals surface area contributed by atoms with Crippen LogP contribution in [0.1, 0.15) is 11.1 Å². The van der Waals surface area contributed by atoms with Gasteiger partial charge in [-0.05, 0) is 42.8 Å². The highest BCUT2D eigenvalue weighted by atomic mass is 35.5. The number of hydrogen-bond donors (Lipinski definition) is 2. The Labute approximate surface area is 152 Å². The summed E-state index contributed by atoms with van der Waals surface area (Å²) in [6.45, 7) is 1.77. The van der Waals surface area contributed by atoms with Crippen molar-refractivity contribution in [3.05, 3.63) is 70.4 Å². The first kappa shape index (κ1) is 19.3. The van der Waals surface area contributed by atoms with Crippen LogP contribution in [0.3, 0.4) is 0 Å². The molecule has 26 heavy (non-hydrogen) atoms. The molecule has 2 aromatic rings. The molecule has 2 aromatic carbocycles. The lowest BCUT2D eigenvalue weighted by molar-refractivity contribution is -0.137. The number of amides is 1. The van der Waals surface area contributed by atoms with Gasteiger partial charge in [0.25, 0.3) is 5.91 Å². The van der Waals surface area contributed by atoms with E-state index in [-0.39, 0.29) is 5.57 Å². The minimum Gasteiger partial charge on any atom is -0.360 e. The first-order chi connectivity index (χ1) is 12.2. The minimum atomic E-state index is -4.63. The number of carbonyl (C=O) groups is 1. The highest BCUT2D eigenvalue weighted by Crippen LogP contribution is 2.34. The molecule has 1 amide bonds. The number of rotatable bonds is 4. The molecule has 8 heteroatoms. The maximum Gasteiger partial charge on any atom is 0.418 e. The highest BCUT2D eigenvalue weighted by molar-refractivity contribution is 6.30. The molecule has 0 fully saturated rings. The number of carbonyl (C=O) groups excluding carboxylic acids is 1. The monoisotopic (exact) mass is 379 g/mol. The second-order valence-corrected chi connectivity index (χ2v) is 5.71. The maximum absolute atomic E-state index is 13.0. The summed E-state index contributed by atoms with van der Waals surface area (Å²) in [5.74, 6) is -0.955. The Balaban J connectivity index is 2.21. The van der Waals surface area contributed by atoms with Gasteiger partial charge in [0.05, 0.1) is 11.3 Å². The van der Waals surface area contributed by atoms with Crippen LogP contribution in [0.2, 0.25) is 5.02 Å². The summed E-state index contributed by atoms with van der Waals surface area (Å²) in [4.78, 5) is 12.2. The van der Waals surface area contributed by atoms with Gasteiger partial charge in [-0.2, -0.15) is 18.4 Å². The van der Waals surface area contributed by atoms with Gasteiger partial charge >= 0.3 is 6.18 Å². The molecule has 2 N–H and O–H groups in total. The molecular weight excluding hydrogens is 367 g/mol. The maximum atomic E-state index is 13.0. The van der Waals surface area contributed by atoms with E-state index in [0.29, 0.717) is 10.7 Å². The van der Waals surface area contributed by atoms with Crippen molar-refractivity contribution in [3.63, 3.8) is 0 Å². The summed E-state index contributed by atoms with van der Waals surface area (Å²) in [6, 6.07) is 11.2. The van der Waals surface area contributed by atoms with Gasteiger partial charge in [-0.25, -0.2) is 0 Å². The zero-order chi connectivity index (χ0) is 19.3.